The Morgan fingerprint density at radius 1 is 1.50 bits per heavy atom. The van der Waals surface area contributed by atoms with E-state index < -0.39 is 0 Å². The summed E-state index contributed by atoms with van der Waals surface area (Å²) >= 11 is 9.62. The van der Waals surface area contributed by atoms with Gasteiger partial charge in [-0.1, -0.05) is 11.6 Å². The maximum Gasteiger partial charge on any atom is 0.155 e. The number of hydrogen-bond acceptors (Lipinski definition) is 2. The van der Waals surface area contributed by atoms with Crippen LogP contribution in [0.15, 0.2) is 22.8 Å². The van der Waals surface area contributed by atoms with Crippen LogP contribution in [0.1, 0.15) is 18.2 Å². The topological polar surface area (TPSA) is 29.3 Å². The normalized spacial score (nSPS) is 20.8. The van der Waals surface area contributed by atoms with E-state index in [1.807, 2.05) is 18.3 Å². The molecule has 2 aromatic rings. The molecule has 1 N–H and O–H groups in total. The largest absolute Gasteiger partial charge is 0.316 e. The van der Waals surface area contributed by atoms with Gasteiger partial charge in [-0.15, -0.1) is 0 Å². The van der Waals surface area contributed by atoms with Crippen LogP contribution in [0.25, 0.3) is 5.52 Å². The molecule has 0 bridgehead atoms. The molecule has 3 nitrogen and oxygen atoms in total. The first kappa shape index (κ1) is 10.6. The quantitative estimate of drug-likeness (QED) is 0.877. The average Bonchev–Trinajstić information content (AvgIpc) is 2.86. The zero-order valence-corrected chi connectivity index (χ0v) is 10.9. The predicted molar refractivity (Wildman–Crippen MR) is 68.1 cm³/mol. The molecule has 1 saturated heterocycles. The zero-order chi connectivity index (χ0) is 11.1. The monoisotopic (exact) mass is 299 g/mol. The molecule has 0 radical (unpaired) electrons. The number of nitrogens with one attached hydrogen (secondary N) is 1. The second kappa shape index (κ2) is 4.02. The van der Waals surface area contributed by atoms with E-state index in [4.69, 9.17) is 11.6 Å². The van der Waals surface area contributed by atoms with Crippen LogP contribution in [-0.2, 0) is 0 Å². The van der Waals surface area contributed by atoms with Crippen molar-refractivity contribution in [1.29, 1.82) is 0 Å². The lowest BCUT2D eigenvalue weighted by Crippen LogP contribution is -2.10. The summed E-state index contributed by atoms with van der Waals surface area (Å²) in [6.07, 6.45) is 3.16. The summed E-state index contributed by atoms with van der Waals surface area (Å²) in [6.45, 7) is 2.05. The van der Waals surface area contributed by atoms with Crippen LogP contribution in [0, 0.1) is 0 Å². The summed E-state index contributed by atoms with van der Waals surface area (Å²) in [5, 5.41) is 3.94. The summed E-state index contributed by atoms with van der Waals surface area (Å²) < 4.78 is 3.13. The van der Waals surface area contributed by atoms with Crippen LogP contribution >= 0.6 is 27.5 Å². The van der Waals surface area contributed by atoms with Crippen molar-refractivity contribution in [2.75, 3.05) is 13.1 Å². The molecule has 0 spiro atoms. The average molecular weight is 301 g/mol. The minimum Gasteiger partial charge on any atom is -0.316 e. The standard InChI is InChI=1S/C11H11BrClN3/c12-8-1-2-9-10(13)15-11(16(9)6-8)7-3-4-14-5-7/h1-2,6-7,14H,3-5H2. The van der Waals surface area contributed by atoms with Gasteiger partial charge >= 0.3 is 0 Å². The van der Waals surface area contributed by atoms with E-state index in [1.54, 1.807) is 0 Å². The lowest BCUT2D eigenvalue weighted by molar-refractivity contribution is 0.698. The third-order valence-corrected chi connectivity index (χ3v) is 3.76. The van der Waals surface area contributed by atoms with Gasteiger partial charge in [0.05, 0.1) is 5.52 Å². The summed E-state index contributed by atoms with van der Waals surface area (Å²) in [7, 11) is 0. The Hall–Kier alpha value is -0.580. The molecule has 1 fully saturated rings. The van der Waals surface area contributed by atoms with Crippen molar-refractivity contribution in [3.63, 3.8) is 0 Å². The highest BCUT2D eigenvalue weighted by atomic mass is 79.9. The molecule has 0 amide bonds. The molecular formula is C11H11BrClN3. The predicted octanol–water partition coefficient (Wildman–Crippen LogP) is 2.83. The highest BCUT2D eigenvalue weighted by Gasteiger charge is 2.22. The van der Waals surface area contributed by atoms with Crippen LogP contribution in [-0.4, -0.2) is 22.5 Å². The van der Waals surface area contributed by atoms with Crippen molar-refractivity contribution in [1.82, 2.24) is 14.7 Å². The van der Waals surface area contributed by atoms with Crippen LogP contribution in [0.4, 0.5) is 0 Å². The zero-order valence-electron chi connectivity index (χ0n) is 8.58. The number of aromatic nitrogens is 2. The van der Waals surface area contributed by atoms with Gasteiger partial charge in [0.25, 0.3) is 0 Å². The smallest absolute Gasteiger partial charge is 0.155 e. The highest BCUT2D eigenvalue weighted by Crippen LogP contribution is 2.28. The molecule has 3 heterocycles. The first-order chi connectivity index (χ1) is 7.75. The fraction of sp³-hybridized carbons (Fsp3) is 0.364. The Bertz CT molecular complexity index is 531. The Morgan fingerprint density at radius 2 is 2.38 bits per heavy atom. The molecule has 0 saturated carbocycles. The summed E-state index contributed by atoms with van der Waals surface area (Å²) in [5.41, 5.74) is 0.978. The van der Waals surface area contributed by atoms with Crippen molar-refractivity contribution in [3.8, 4) is 0 Å². The first-order valence-electron chi connectivity index (χ1n) is 5.29. The van der Waals surface area contributed by atoms with Gasteiger partial charge in [0.1, 0.15) is 5.82 Å². The molecule has 1 atom stereocenters. The Balaban J connectivity index is 2.19. The van der Waals surface area contributed by atoms with E-state index in [9.17, 15) is 0 Å². The number of hydrogen-bond donors (Lipinski definition) is 1. The summed E-state index contributed by atoms with van der Waals surface area (Å²) in [6, 6.07) is 3.98. The third-order valence-electron chi connectivity index (χ3n) is 3.01. The number of rotatable bonds is 1. The van der Waals surface area contributed by atoms with Gasteiger partial charge < -0.3 is 9.72 Å². The van der Waals surface area contributed by atoms with Crippen LogP contribution in [0.3, 0.4) is 0 Å². The first-order valence-corrected chi connectivity index (χ1v) is 6.46. The molecule has 16 heavy (non-hydrogen) atoms. The molecule has 2 aromatic heterocycles. The molecule has 1 aliphatic rings. The molecule has 1 aliphatic heterocycles. The third kappa shape index (κ3) is 1.65. The molecule has 0 aliphatic carbocycles. The van der Waals surface area contributed by atoms with Gasteiger partial charge in [0, 0.05) is 23.1 Å². The number of halogens is 2. The van der Waals surface area contributed by atoms with E-state index in [2.05, 4.69) is 30.6 Å². The second-order valence-electron chi connectivity index (χ2n) is 4.05. The van der Waals surface area contributed by atoms with Crippen LogP contribution in [0.5, 0.6) is 0 Å². The Labute approximate surface area is 107 Å². The Morgan fingerprint density at radius 3 is 3.12 bits per heavy atom. The second-order valence-corrected chi connectivity index (χ2v) is 5.33. The number of imidazole rings is 1. The molecule has 1 unspecified atom stereocenters. The lowest BCUT2D eigenvalue weighted by Gasteiger charge is -2.07. The van der Waals surface area contributed by atoms with Gasteiger partial charge in [-0.3, -0.25) is 0 Å². The maximum absolute atomic E-state index is 6.14. The minimum atomic E-state index is 0.467. The van der Waals surface area contributed by atoms with Gasteiger partial charge in [0.2, 0.25) is 0 Å². The molecule has 84 valence electrons. The van der Waals surface area contributed by atoms with Crippen molar-refractivity contribution in [3.05, 3.63) is 33.8 Å². The van der Waals surface area contributed by atoms with Gasteiger partial charge in [-0.05, 0) is 41.0 Å². The van der Waals surface area contributed by atoms with Gasteiger partial charge in [-0.25, -0.2) is 4.98 Å². The minimum absolute atomic E-state index is 0.467. The molecule has 0 aromatic carbocycles. The Kier molecular flexibility index (Phi) is 2.65. The van der Waals surface area contributed by atoms with E-state index in [-0.39, 0.29) is 0 Å². The van der Waals surface area contributed by atoms with Crippen molar-refractivity contribution in [2.45, 2.75) is 12.3 Å². The van der Waals surface area contributed by atoms with Crippen LogP contribution in [0.2, 0.25) is 5.15 Å². The molecular weight excluding hydrogens is 289 g/mol. The maximum atomic E-state index is 6.14. The fourth-order valence-electron chi connectivity index (χ4n) is 2.21. The lowest BCUT2D eigenvalue weighted by atomic mass is 10.1. The van der Waals surface area contributed by atoms with E-state index in [1.165, 1.54) is 0 Å². The fourth-order valence-corrected chi connectivity index (χ4v) is 2.78. The molecule has 5 heteroatoms. The van der Waals surface area contributed by atoms with E-state index in [0.717, 1.165) is 35.3 Å². The van der Waals surface area contributed by atoms with Crippen molar-refractivity contribution >= 4 is 33.0 Å². The summed E-state index contributed by atoms with van der Waals surface area (Å²) in [5.74, 6) is 1.53. The molecule has 3 rings (SSSR count). The van der Waals surface area contributed by atoms with Gasteiger partial charge in [-0.2, -0.15) is 0 Å². The van der Waals surface area contributed by atoms with Crippen molar-refractivity contribution in [2.24, 2.45) is 0 Å². The van der Waals surface area contributed by atoms with E-state index in [0.29, 0.717) is 11.1 Å². The van der Waals surface area contributed by atoms with Crippen LogP contribution < -0.4 is 5.32 Å². The highest BCUT2D eigenvalue weighted by molar-refractivity contribution is 9.10. The SMILES string of the molecule is Clc1nc(C2CCNC2)n2cc(Br)ccc12. The number of pyridine rings is 1. The number of fused-ring (bicyclic) bond motifs is 1. The van der Waals surface area contributed by atoms with Gasteiger partial charge in [0.15, 0.2) is 5.15 Å². The van der Waals surface area contributed by atoms with E-state index >= 15 is 0 Å². The number of nitrogens with zero attached hydrogens (tertiary/aromatic N) is 2. The summed E-state index contributed by atoms with van der Waals surface area (Å²) in [4.78, 5) is 4.48. The van der Waals surface area contributed by atoms with Crippen molar-refractivity contribution < 1.29 is 0 Å².